The maximum Gasteiger partial charge on any atom is 0.333 e. The molecule has 0 unspecified atom stereocenters. The molecule has 2 rings (SSSR count). The van der Waals surface area contributed by atoms with Gasteiger partial charge in [-0.3, -0.25) is 0 Å². The number of esters is 1. The largest absolute Gasteiger partial charge is 0.457 e. The van der Waals surface area contributed by atoms with Crippen LogP contribution in [0.15, 0.2) is 79.4 Å². The molecule has 2 nitrogen and oxygen atoms in total. The molecule has 2 heteroatoms. The lowest BCUT2D eigenvalue weighted by Crippen LogP contribution is -2.04. The highest BCUT2D eigenvalue weighted by atomic mass is 16.5. The molecule has 21 heavy (non-hydrogen) atoms. The molecule has 0 atom stereocenters. The van der Waals surface area contributed by atoms with Gasteiger partial charge >= 0.3 is 5.97 Å². The van der Waals surface area contributed by atoms with Crippen molar-refractivity contribution >= 4 is 12.0 Å². The van der Waals surface area contributed by atoms with Crippen LogP contribution in [0.5, 0.6) is 0 Å². The van der Waals surface area contributed by atoms with Crippen LogP contribution in [0.4, 0.5) is 0 Å². The van der Waals surface area contributed by atoms with Crippen molar-refractivity contribution in [3.05, 3.63) is 90.5 Å². The molecule has 0 saturated carbocycles. The Bertz CT molecular complexity index is 571. The Kier molecular flexibility index (Phi) is 7.30. The topological polar surface area (TPSA) is 26.3 Å². The van der Waals surface area contributed by atoms with E-state index in [1.54, 1.807) is 6.92 Å². The number of benzene rings is 2. The third-order valence-electron chi connectivity index (χ3n) is 2.60. The van der Waals surface area contributed by atoms with E-state index in [0.29, 0.717) is 12.2 Å². The molecule has 0 amide bonds. The van der Waals surface area contributed by atoms with Crippen LogP contribution >= 0.6 is 0 Å². The Morgan fingerprint density at radius 3 is 2.00 bits per heavy atom. The van der Waals surface area contributed by atoms with Crippen LogP contribution in [0, 0.1) is 0 Å². The number of carbonyl (C=O) groups excluding carboxylic acids is 1. The van der Waals surface area contributed by atoms with Crippen molar-refractivity contribution in [2.24, 2.45) is 0 Å². The van der Waals surface area contributed by atoms with Crippen LogP contribution < -0.4 is 0 Å². The van der Waals surface area contributed by atoms with Crippen molar-refractivity contribution in [2.45, 2.75) is 13.5 Å². The average molecular weight is 280 g/mol. The molecule has 0 fully saturated rings. The fourth-order valence-electron chi connectivity index (χ4n) is 1.44. The summed E-state index contributed by atoms with van der Waals surface area (Å²) in [4.78, 5) is 11.0. The van der Waals surface area contributed by atoms with Crippen molar-refractivity contribution < 1.29 is 9.53 Å². The van der Waals surface area contributed by atoms with E-state index in [9.17, 15) is 4.79 Å². The fraction of sp³-hybridized carbons (Fsp3) is 0.105. The Morgan fingerprint density at radius 2 is 1.57 bits per heavy atom. The van der Waals surface area contributed by atoms with E-state index in [0.717, 1.165) is 5.56 Å². The summed E-state index contributed by atoms with van der Waals surface area (Å²) in [6.45, 7) is 9.07. The standard InChI is InChI=1S/C11H12O2.C8H8/c1-9(2)11(12)13-8-10-6-4-3-5-7-10;1-2-8-6-4-3-5-7-8/h3-7H,1,8H2,2H3;2-7H,1H2. The van der Waals surface area contributed by atoms with Gasteiger partial charge in [0.1, 0.15) is 6.61 Å². The fourth-order valence-corrected chi connectivity index (χ4v) is 1.44. The SMILES string of the molecule is C=C(C)C(=O)OCc1ccccc1.C=Cc1ccccc1. The van der Waals surface area contributed by atoms with Crippen LogP contribution in [0.3, 0.4) is 0 Å². The second kappa shape index (κ2) is 9.32. The third kappa shape index (κ3) is 6.92. The summed E-state index contributed by atoms with van der Waals surface area (Å²) in [5, 5.41) is 0. The summed E-state index contributed by atoms with van der Waals surface area (Å²) in [5.74, 6) is -0.344. The van der Waals surface area contributed by atoms with Gasteiger partial charge in [0, 0.05) is 5.57 Å². The number of hydrogen-bond donors (Lipinski definition) is 0. The summed E-state index contributed by atoms with van der Waals surface area (Å²) >= 11 is 0. The molecule has 0 saturated heterocycles. The predicted octanol–water partition coefficient (Wildman–Crippen LogP) is 4.64. The molecule has 0 radical (unpaired) electrons. The van der Waals surface area contributed by atoms with E-state index in [-0.39, 0.29) is 5.97 Å². The molecular weight excluding hydrogens is 260 g/mol. The number of hydrogen-bond acceptors (Lipinski definition) is 2. The number of ether oxygens (including phenoxy) is 1. The van der Waals surface area contributed by atoms with Gasteiger partial charge in [0.25, 0.3) is 0 Å². The van der Waals surface area contributed by atoms with E-state index in [2.05, 4.69) is 13.2 Å². The smallest absolute Gasteiger partial charge is 0.333 e. The van der Waals surface area contributed by atoms with E-state index in [1.807, 2.05) is 66.7 Å². The summed E-state index contributed by atoms with van der Waals surface area (Å²) in [5.41, 5.74) is 2.58. The van der Waals surface area contributed by atoms with Crippen LogP contribution in [-0.2, 0) is 16.1 Å². The third-order valence-corrected chi connectivity index (χ3v) is 2.60. The van der Waals surface area contributed by atoms with E-state index >= 15 is 0 Å². The maximum atomic E-state index is 11.0. The summed E-state index contributed by atoms with van der Waals surface area (Å²) in [7, 11) is 0. The van der Waals surface area contributed by atoms with Crippen molar-refractivity contribution in [1.82, 2.24) is 0 Å². The normalized spacial score (nSPS) is 9.00. The zero-order chi connectivity index (χ0) is 15.5. The molecule has 0 aliphatic carbocycles. The quantitative estimate of drug-likeness (QED) is 0.602. The molecule has 0 aromatic heterocycles. The lowest BCUT2D eigenvalue weighted by Gasteiger charge is -2.03. The molecule has 0 N–H and O–H groups in total. The van der Waals surface area contributed by atoms with Crippen LogP contribution in [0.1, 0.15) is 18.1 Å². The monoisotopic (exact) mass is 280 g/mol. The van der Waals surface area contributed by atoms with Crippen LogP contribution in [-0.4, -0.2) is 5.97 Å². The number of rotatable bonds is 4. The minimum absolute atomic E-state index is 0.312. The number of carbonyl (C=O) groups is 1. The first-order chi connectivity index (χ1) is 10.1. The zero-order valence-electron chi connectivity index (χ0n) is 12.3. The minimum atomic E-state index is -0.344. The van der Waals surface area contributed by atoms with Gasteiger partial charge in [-0.1, -0.05) is 79.9 Å². The Hall–Kier alpha value is -2.61. The molecule has 0 heterocycles. The van der Waals surface area contributed by atoms with Crippen molar-refractivity contribution in [3.8, 4) is 0 Å². The first-order valence-electron chi connectivity index (χ1n) is 6.67. The van der Waals surface area contributed by atoms with Gasteiger partial charge in [-0.05, 0) is 18.1 Å². The first kappa shape index (κ1) is 16.4. The first-order valence-corrected chi connectivity index (χ1v) is 6.67. The van der Waals surface area contributed by atoms with Gasteiger partial charge in [0.05, 0.1) is 0 Å². The minimum Gasteiger partial charge on any atom is -0.457 e. The Morgan fingerprint density at radius 1 is 1.05 bits per heavy atom. The average Bonchev–Trinajstić information content (AvgIpc) is 2.55. The molecule has 108 valence electrons. The van der Waals surface area contributed by atoms with Crippen molar-refractivity contribution in [1.29, 1.82) is 0 Å². The van der Waals surface area contributed by atoms with Crippen molar-refractivity contribution in [2.75, 3.05) is 0 Å². The summed E-state index contributed by atoms with van der Waals surface area (Å²) in [6, 6.07) is 19.6. The second-order valence-electron chi connectivity index (χ2n) is 4.46. The van der Waals surface area contributed by atoms with E-state index in [1.165, 1.54) is 5.56 Å². The van der Waals surface area contributed by atoms with Gasteiger partial charge in [-0.15, -0.1) is 0 Å². The summed E-state index contributed by atoms with van der Waals surface area (Å²) < 4.78 is 4.95. The van der Waals surface area contributed by atoms with Crippen molar-refractivity contribution in [3.63, 3.8) is 0 Å². The van der Waals surface area contributed by atoms with Gasteiger partial charge in [-0.2, -0.15) is 0 Å². The van der Waals surface area contributed by atoms with E-state index in [4.69, 9.17) is 4.74 Å². The highest BCUT2D eigenvalue weighted by molar-refractivity contribution is 5.86. The summed E-state index contributed by atoms with van der Waals surface area (Å²) in [6.07, 6.45) is 1.83. The van der Waals surface area contributed by atoms with Gasteiger partial charge in [0.15, 0.2) is 0 Å². The van der Waals surface area contributed by atoms with Crippen LogP contribution in [0.25, 0.3) is 6.08 Å². The predicted molar refractivity (Wildman–Crippen MR) is 87.6 cm³/mol. The Labute approximate surface area is 126 Å². The van der Waals surface area contributed by atoms with Gasteiger partial charge in [0.2, 0.25) is 0 Å². The lowest BCUT2D eigenvalue weighted by atomic mass is 10.2. The van der Waals surface area contributed by atoms with Crippen LogP contribution in [0.2, 0.25) is 0 Å². The molecule has 0 aliphatic heterocycles. The maximum absolute atomic E-state index is 11.0. The molecule has 2 aromatic carbocycles. The zero-order valence-corrected chi connectivity index (χ0v) is 12.3. The van der Waals surface area contributed by atoms with Gasteiger partial charge < -0.3 is 4.74 Å². The lowest BCUT2D eigenvalue weighted by molar-refractivity contribution is -0.140. The molecular formula is C19H20O2. The molecule has 2 aromatic rings. The second-order valence-corrected chi connectivity index (χ2v) is 4.46. The van der Waals surface area contributed by atoms with E-state index < -0.39 is 0 Å². The molecule has 0 bridgehead atoms. The molecule has 0 spiro atoms. The highest BCUT2D eigenvalue weighted by Crippen LogP contribution is 2.02. The highest BCUT2D eigenvalue weighted by Gasteiger charge is 2.02. The van der Waals surface area contributed by atoms with Gasteiger partial charge in [-0.25, -0.2) is 4.79 Å². The molecule has 0 aliphatic rings. The Balaban J connectivity index is 0.000000235.